The molecule has 2 aromatic rings. The van der Waals surface area contributed by atoms with Crippen molar-refractivity contribution in [3.8, 4) is 0 Å². The predicted octanol–water partition coefficient (Wildman–Crippen LogP) is 1.83. The van der Waals surface area contributed by atoms with E-state index in [0.29, 0.717) is 10.4 Å². The molecular formula is C14H12FN3O3S. The van der Waals surface area contributed by atoms with Crippen LogP contribution < -0.4 is 4.80 Å². The van der Waals surface area contributed by atoms with Crippen LogP contribution in [0.3, 0.4) is 0 Å². The van der Waals surface area contributed by atoms with E-state index >= 15 is 0 Å². The molecule has 2 atom stereocenters. The molecular weight excluding hydrogens is 309 g/mol. The van der Waals surface area contributed by atoms with E-state index in [-0.39, 0.29) is 18.8 Å². The van der Waals surface area contributed by atoms with Crippen LogP contribution in [0.2, 0.25) is 0 Å². The number of carbonyl (C=O) groups is 1. The summed E-state index contributed by atoms with van der Waals surface area (Å²) < 4.78 is 15.3. The van der Waals surface area contributed by atoms with Crippen molar-refractivity contribution < 1.29 is 14.1 Å². The minimum atomic E-state index is -0.809. The smallest absolute Gasteiger partial charge is 0.258 e. The van der Waals surface area contributed by atoms with Crippen LogP contribution >= 0.6 is 11.3 Å². The molecule has 0 bridgehead atoms. The number of amides is 1. The van der Waals surface area contributed by atoms with Crippen LogP contribution in [0.5, 0.6) is 0 Å². The first kappa shape index (κ1) is 14.6. The van der Waals surface area contributed by atoms with Crippen molar-refractivity contribution in [2.45, 2.75) is 19.0 Å². The highest BCUT2D eigenvalue weighted by molar-refractivity contribution is 7.07. The van der Waals surface area contributed by atoms with Crippen LogP contribution in [-0.4, -0.2) is 21.4 Å². The molecule has 1 heterocycles. The molecule has 22 heavy (non-hydrogen) atoms. The van der Waals surface area contributed by atoms with Gasteiger partial charge in [-0.2, -0.15) is 4.99 Å². The maximum atomic E-state index is 13.7. The molecule has 1 aliphatic carbocycles. The van der Waals surface area contributed by atoms with Crippen molar-refractivity contribution in [3.63, 3.8) is 0 Å². The van der Waals surface area contributed by atoms with E-state index < -0.39 is 22.8 Å². The predicted molar refractivity (Wildman–Crippen MR) is 77.3 cm³/mol. The lowest BCUT2D eigenvalue weighted by atomic mass is 10.2. The molecule has 114 valence electrons. The van der Waals surface area contributed by atoms with Crippen molar-refractivity contribution >= 4 is 17.2 Å². The van der Waals surface area contributed by atoms with Crippen LogP contribution in [0.1, 0.15) is 12.0 Å². The van der Waals surface area contributed by atoms with Crippen molar-refractivity contribution in [1.82, 2.24) is 4.57 Å². The van der Waals surface area contributed by atoms with Crippen molar-refractivity contribution in [3.05, 3.63) is 62.1 Å². The molecule has 1 amide bonds. The third kappa shape index (κ3) is 2.96. The zero-order valence-corrected chi connectivity index (χ0v) is 12.2. The number of nitro groups is 1. The van der Waals surface area contributed by atoms with Gasteiger partial charge in [0.1, 0.15) is 11.7 Å². The molecule has 8 heteroatoms. The average Bonchev–Trinajstić information content (AvgIpc) is 3.19. The van der Waals surface area contributed by atoms with Gasteiger partial charge in [0, 0.05) is 28.5 Å². The molecule has 0 radical (unpaired) electrons. The Morgan fingerprint density at radius 3 is 2.95 bits per heavy atom. The maximum absolute atomic E-state index is 13.7. The fourth-order valence-electron chi connectivity index (χ4n) is 2.17. The molecule has 0 N–H and O–H groups in total. The molecule has 0 aliphatic heterocycles. The van der Waals surface area contributed by atoms with Gasteiger partial charge in [0.15, 0.2) is 4.80 Å². The van der Waals surface area contributed by atoms with Gasteiger partial charge in [-0.15, -0.1) is 11.3 Å². The van der Waals surface area contributed by atoms with Crippen LogP contribution in [0, 0.1) is 21.8 Å². The SMILES string of the molecule is O=C(N=c1sccn1Cc1ccccc1F)[C@H]1C[C@H]1[N+](=O)[O-]. The van der Waals surface area contributed by atoms with Crippen molar-refractivity contribution in [1.29, 1.82) is 0 Å². The summed E-state index contributed by atoms with van der Waals surface area (Å²) in [5.41, 5.74) is 0.490. The fraction of sp³-hybridized carbons (Fsp3) is 0.286. The molecule has 0 saturated heterocycles. The Hall–Kier alpha value is -2.35. The number of rotatable bonds is 4. The summed E-state index contributed by atoms with van der Waals surface area (Å²) >= 11 is 1.24. The summed E-state index contributed by atoms with van der Waals surface area (Å²) in [6.45, 7) is 0.256. The standard InChI is InChI=1S/C14H12FN3O3S/c15-11-4-2-1-3-9(11)8-17-5-6-22-14(17)16-13(19)10-7-12(10)18(20)21/h1-6,10,12H,7-8H2/t10-,12+/m0/s1. The van der Waals surface area contributed by atoms with E-state index in [0.717, 1.165) is 0 Å². The Morgan fingerprint density at radius 2 is 2.27 bits per heavy atom. The van der Waals surface area contributed by atoms with Crippen LogP contribution in [-0.2, 0) is 11.3 Å². The first-order valence-corrected chi connectivity index (χ1v) is 7.53. The van der Waals surface area contributed by atoms with E-state index in [1.807, 2.05) is 0 Å². The second-order valence-electron chi connectivity index (χ2n) is 5.05. The molecule has 1 fully saturated rings. The van der Waals surface area contributed by atoms with Crippen LogP contribution in [0.25, 0.3) is 0 Å². The Balaban J connectivity index is 1.81. The number of nitrogens with zero attached hydrogens (tertiary/aromatic N) is 3. The zero-order valence-electron chi connectivity index (χ0n) is 11.4. The first-order valence-electron chi connectivity index (χ1n) is 6.65. The molecule has 1 aromatic heterocycles. The molecule has 3 rings (SSSR count). The van der Waals surface area contributed by atoms with E-state index in [4.69, 9.17) is 0 Å². The second kappa shape index (κ2) is 5.80. The maximum Gasteiger partial charge on any atom is 0.258 e. The van der Waals surface area contributed by atoms with E-state index in [1.54, 1.807) is 34.3 Å². The highest BCUT2D eigenvalue weighted by Gasteiger charge is 2.53. The Kier molecular flexibility index (Phi) is 3.84. The number of hydrogen-bond donors (Lipinski definition) is 0. The first-order chi connectivity index (χ1) is 10.6. The lowest BCUT2D eigenvalue weighted by Crippen LogP contribution is -2.19. The number of carbonyl (C=O) groups excluding carboxylic acids is 1. The monoisotopic (exact) mass is 321 g/mol. The number of thiazole rings is 1. The summed E-state index contributed by atoms with van der Waals surface area (Å²) in [5.74, 6) is -1.43. The molecule has 1 aliphatic rings. The third-order valence-electron chi connectivity index (χ3n) is 3.51. The van der Waals surface area contributed by atoms with E-state index in [1.165, 1.54) is 17.4 Å². The van der Waals surface area contributed by atoms with Gasteiger partial charge in [-0.3, -0.25) is 14.9 Å². The highest BCUT2D eigenvalue weighted by Crippen LogP contribution is 2.33. The normalized spacial score (nSPS) is 20.9. The number of aromatic nitrogens is 1. The third-order valence-corrected chi connectivity index (χ3v) is 4.30. The average molecular weight is 321 g/mol. The van der Waals surface area contributed by atoms with Crippen molar-refractivity contribution in [2.75, 3.05) is 0 Å². The van der Waals surface area contributed by atoms with Gasteiger partial charge in [0.2, 0.25) is 6.04 Å². The number of hydrogen-bond acceptors (Lipinski definition) is 4. The summed E-state index contributed by atoms with van der Waals surface area (Å²) in [7, 11) is 0. The molecule has 0 spiro atoms. The summed E-state index contributed by atoms with van der Waals surface area (Å²) in [6.07, 6.45) is 1.95. The minimum Gasteiger partial charge on any atom is -0.319 e. The molecule has 0 unspecified atom stereocenters. The van der Waals surface area contributed by atoms with E-state index in [2.05, 4.69) is 4.99 Å². The topological polar surface area (TPSA) is 77.5 Å². The lowest BCUT2D eigenvalue weighted by molar-refractivity contribution is -0.497. The minimum absolute atomic E-state index is 0.244. The molecule has 6 nitrogen and oxygen atoms in total. The van der Waals surface area contributed by atoms with Gasteiger partial charge in [0.05, 0.1) is 6.54 Å². The lowest BCUT2D eigenvalue weighted by Gasteiger charge is -2.04. The van der Waals surface area contributed by atoms with Gasteiger partial charge >= 0.3 is 0 Å². The molecule has 1 saturated carbocycles. The largest absolute Gasteiger partial charge is 0.319 e. The molecule has 1 aromatic carbocycles. The van der Waals surface area contributed by atoms with Gasteiger partial charge in [-0.1, -0.05) is 18.2 Å². The summed E-state index contributed by atoms with van der Waals surface area (Å²) in [6, 6.07) is 5.57. The number of halogens is 1. The van der Waals surface area contributed by atoms with E-state index in [9.17, 15) is 19.3 Å². The zero-order chi connectivity index (χ0) is 15.7. The Morgan fingerprint density at radius 1 is 1.50 bits per heavy atom. The summed E-state index contributed by atoms with van der Waals surface area (Å²) in [5, 5.41) is 12.3. The fourth-order valence-corrected chi connectivity index (χ4v) is 2.91. The Labute approximate surface area is 128 Å². The Bertz CT molecular complexity index is 798. The van der Waals surface area contributed by atoms with Crippen LogP contribution in [0.4, 0.5) is 4.39 Å². The van der Waals surface area contributed by atoms with Gasteiger partial charge < -0.3 is 4.57 Å². The number of benzene rings is 1. The summed E-state index contributed by atoms with van der Waals surface area (Å²) in [4.78, 5) is 26.4. The van der Waals surface area contributed by atoms with Crippen molar-refractivity contribution in [2.24, 2.45) is 10.9 Å². The van der Waals surface area contributed by atoms with Gasteiger partial charge in [-0.25, -0.2) is 4.39 Å². The van der Waals surface area contributed by atoms with Gasteiger partial charge in [-0.05, 0) is 6.07 Å². The highest BCUT2D eigenvalue weighted by atomic mass is 32.1. The van der Waals surface area contributed by atoms with Crippen LogP contribution in [0.15, 0.2) is 40.8 Å². The van der Waals surface area contributed by atoms with Gasteiger partial charge in [0.25, 0.3) is 5.91 Å². The quantitative estimate of drug-likeness (QED) is 0.636. The second-order valence-corrected chi connectivity index (χ2v) is 5.92.